The molecule has 0 radical (unpaired) electrons. The fourth-order valence-corrected chi connectivity index (χ4v) is 4.35. The fourth-order valence-electron chi connectivity index (χ4n) is 3.55. The largest absolute Gasteiger partial charge is 0.325 e. The average Bonchev–Trinajstić information content (AvgIpc) is 2.89. The number of aromatic nitrogens is 1. The Balaban J connectivity index is 1.64. The predicted octanol–water partition coefficient (Wildman–Crippen LogP) is 6.23. The van der Waals surface area contributed by atoms with Gasteiger partial charge in [0.1, 0.15) is 11.1 Å². The number of nitriles is 1. The van der Waals surface area contributed by atoms with Crippen molar-refractivity contribution in [1.82, 2.24) is 4.98 Å². The second-order valence-corrected chi connectivity index (χ2v) is 8.64. The number of thioether (sulfide) groups is 1. The van der Waals surface area contributed by atoms with Gasteiger partial charge in [0.15, 0.2) is 0 Å². The summed E-state index contributed by atoms with van der Waals surface area (Å²) < 4.78 is 0. The van der Waals surface area contributed by atoms with E-state index in [1.165, 1.54) is 6.07 Å². The number of nitrogens with zero attached hydrogens (tertiary/aromatic N) is 3. The SMILES string of the molecule is Cc1ccc(NC(=O)CSc2nc(-c3ccccc3)cc(-c3ccccc3)c2C#N)cc1[N+](=O)[O-]. The van der Waals surface area contributed by atoms with Crippen molar-refractivity contribution >= 4 is 29.0 Å². The van der Waals surface area contributed by atoms with E-state index in [4.69, 9.17) is 4.98 Å². The third-order valence-electron chi connectivity index (χ3n) is 5.28. The standard InChI is InChI=1S/C27H20N4O3S/c1-18-12-13-21(14-25(18)31(33)34)29-26(32)17-35-27-23(16-28)22(19-8-4-2-5-9-19)15-24(30-27)20-10-6-3-7-11-20/h2-15H,17H2,1H3,(H,29,32). The minimum Gasteiger partial charge on any atom is -0.325 e. The summed E-state index contributed by atoms with van der Waals surface area (Å²) in [5, 5.41) is 24.3. The molecule has 0 aliphatic heterocycles. The van der Waals surface area contributed by atoms with Gasteiger partial charge in [-0.25, -0.2) is 4.98 Å². The van der Waals surface area contributed by atoms with Crippen LogP contribution in [0.25, 0.3) is 22.4 Å². The van der Waals surface area contributed by atoms with E-state index in [0.29, 0.717) is 27.5 Å². The number of carbonyl (C=O) groups is 1. The number of hydrogen-bond acceptors (Lipinski definition) is 6. The minimum atomic E-state index is -0.483. The van der Waals surface area contributed by atoms with Crippen LogP contribution in [0, 0.1) is 28.4 Å². The molecule has 0 atom stereocenters. The Hall–Kier alpha value is -4.48. The molecule has 35 heavy (non-hydrogen) atoms. The summed E-state index contributed by atoms with van der Waals surface area (Å²) in [4.78, 5) is 28.1. The lowest BCUT2D eigenvalue weighted by Gasteiger charge is -2.13. The number of nitro benzene ring substituents is 1. The zero-order valence-electron chi connectivity index (χ0n) is 18.8. The predicted molar refractivity (Wildman–Crippen MR) is 137 cm³/mol. The molecule has 1 aromatic heterocycles. The zero-order chi connectivity index (χ0) is 24.8. The van der Waals surface area contributed by atoms with Gasteiger partial charge in [-0.2, -0.15) is 5.26 Å². The van der Waals surface area contributed by atoms with Gasteiger partial charge >= 0.3 is 0 Å². The molecule has 0 bridgehead atoms. The van der Waals surface area contributed by atoms with Crippen LogP contribution in [0.3, 0.4) is 0 Å². The smallest absolute Gasteiger partial charge is 0.274 e. The molecule has 4 rings (SSSR count). The molecule has 1 amide bonds. The summed E-state index contributed by atoms with van der Waals surface area (Å²) in [6.07, 6.45) is 0. The molecule has 0 aliphatic rings. The Labute approximate surface area is 206 Å². The number of anilines is 1. The van der Waals surface area contributed by atoms with Crippen LogP contribution in [0.1, 0.15) is 11.1 Å². The zero-order valence-corrected chi connectivity index (χ0v) is 19.6. The Morgan fingerprint density at radius 2 is 1.69 bits per heavy atom. The number of nitro groups is 1. The topological polar surface area (TPSA) is 109 Å². The van der Waals surface area contributed by atoms with Crippen LogP contribution in [0.5, 0.6) is 0 Å². The number of amides is 1. The van der Waals surface area contributed by atoms with Gasteiger partial charge < -0.3 is 5.32 Å². The maximum atomic E-state index is 12.6. The monoisotopic (exact) mass is 480 g/mol. The third-order valence-corrected chi connectivity index (χ3v) is 6.26. The lowest BCUT2D eigenvalue weighted by Crippen LogP contribution is -2.14. The fraction of sp³-hybridized carbons (Fsp3) is 0.0741. The van der Waals surface area contributed by atoms with Crippen molar-refractivity contribution in [3.8, 4) is 28.5 Å². The molecule has 0 aliphatic carbocycles. The van der Waals surface area contributed by atoms with Gasteiger partial charge in [0.25, 0.3) is 5.69 Å². The van der Waals surface area contributed by atoms with Gasteiger partial charge in [-0.15, -0.1) is 0 Å². The van der Waals surface area contributed by atoms with Gasteiger partial charge in [0.05, 0.1) is 21.9 Å². The van der Waals surface area contributed by atoms with E-state index >= 15 is 0 Å². The highest BCUT2D eigenvalue weighted by atomic mass is 32.2. The second-order valence-electron chi connectivity index (χ2n) is 7.67. The van der Waals surface area contributed by atoms with Crippen molar-refractivity contribution in [1.29, 1.82) is 5.26 Å². The highest BCUT2D eigenvalue weighted by Gasteiger charge is 2.18. The maximum absolute atomic E-state index is 12.6. The Kier molecular flexibility index (Phi) is 7.19. The van der Waals surface area contributed by atoms with Crippen molar-refractivity contribution < 1.29 is 9.72 Å². The molecule has 172 valence electrons. The van der Waals surface area contributed by atoms with E-state index in [-0.39, 0.29) is 17.3 Å². The normalized spacial score (nSPS) is 10.4. The van der Waals surface area contributed by atoms with E-state index in [9.17, 15) is 20.2 Å². The van der Waals surface area contributed by atoms with Crippen molar-refractivity contribution in [3.05, 3.63) is 106 Å². The van der Waals surface area contributed by atoms with Crippen molar-refractivity contribution in [2.75, 3.05) is 11.1 Å². The van der Waals surface area contributed by atoms with Gasteiger partial charge in [-0.1, -0.05) is 78.5 Å². The molecule has 0 unspecified atom stereocenters. The minimum absolute atomic E-state index is 0.0180. The van der Waals surface area contributed by atoms with Crippen LogP contribution in [0.15, 0.2) is 90.0 Å². The Bertz CT molecular complexity index is 1430. The summed E-state index contributed by atoms with van der Waals surface area (Å²) >= 11 is 1.15. The molecular weight excluding hydrogens is 460 g/mol. The van der Waals surface area contributed by atoms with E-state index in [1.807, 2.05) is 66.7 Å². The Morgan fingerprint density at radius 1 is 1.03 bits per heavy atom. The molecule has 0 spiro atoms. The highest BCUT2D eigenvalue weighted by molar-refractivity contribution is 8.00. The number of pyridine rings is 1. The first-order chi connectivity index (χ1) is 17.0. The summed E-state index contributed by atoms with van der Waals surface area (Å²) in [5.41, 5.74) is 4.38. The highest BCUT2D eigenvalue weighted by Crippen LogP contribution is 2.34. The van der Waals surface area contributed by atoms with Crippen molar-refractivity contribution in [2.24, 2.45) is 0 Å². The summed E-state index contributed by atoms with van der Waals surface area (Å²) in [7, 11) is 0. The van der Waals surface area contributed by atoms with Crippen LogP contribution in [0.2, 0.25) is 0 Å². The van der Waals surface area contributed by atoms with Gasteiger partial charge in [0.2, 0.25) is 5.91 Å². The van der Waals surface area contributed by atoms with E-state index in [2.05, 4.69) is 11.4 Å². The van der Waals surface area contributed by atoms with Gasteiger partial charge in [0, 0.05) is 28.4 Å². The first-order valence-electron chi connectivity index (χ1n) is 10.7. The average molecular weight is 481 g/mol. The summed E-state index contributed by atoms with van der Waals surface area (Å²) in [6.45, 7) is 1.64. The first kappa shape index (κ1) is 23.7. The summed E-state index contributed by atoms with van der Waals surface area (Å²) in [6, 6.07) is 27.9. The van der Waals surface area contributed by atoms with Crippen LogP contribution in [0.4, 0.5) is 11.4 Å². The lowest BCUT2D eigenvalue weighted by molar-refractivity contribution is -0.385. The number of hydrogen-bond donors (Lipinski definition) is 1. The quantitative estimate of drug-likeness (QED) is 0.191. The molecule has 0 fully saturated rings. The molecule has 7 nitrogen and oxygen atoms in total. The molecular formula is C27H20N4O3S. The number of aryl methyl sites for hydroxylation is 1. The van der Waals surface area contributed by atoms with Crippen molar-refractivity contribution in [2.45, 2.75) is 11.9 Å². The maximum Gasteiger partial charge on any atom is 0.274 e. The number of rotatable bonds is 7. The number of benzene rings is 3. The van der Waals surface area contributed by atoms with Crippen LogP contribution < -0.4 is 5.32 Å². The van der Waals surface area contributed by atoms with Crippen LogP contribution >= 0.6 is 11.8 Å². The van der Waals surface area contributed by atoms with Crippen LogP contribution in [-0.2, 0) is 4.79 Å². The molecule has 0 saturated carbocycles. The molecule has 1 heterocycles. The number of nitrogens with one attached hydrogen (secondary N) is 1. The molecule has 0 saturated heterocycles. The van der Waals surface area contributed by atoms with E-state index < -0.39 is 4.92 Å². The molecule has 3 aromatic carbocycles. The summed E-state index contributed by atoms with van der Waals surface area (Å²) in [5.74, 6) is -0.374. The first-order valence-corrected chi connectivity index (χ1v) is 11.7. The van der Waals surface area contributed by atoms with Gasteiger partial charge in [-0.3, -0.25) is 14.9 Å². The third kappa shape index (κ3) is 5.54. The Morgan fingerprint density at radius 3 is 2.31 bits per heavy atom. The number of carbonyl (C=O) groups excluding carboxylic acids is 1. The molecule has 8 heteroatoms. The lowest BCUT2D eigenvalue weighted by atomic mass is 9.99. The van der Waals surface area contributed by atoms with E-state index in [1.54, 1.807) is 19.1 Å². The van der Waals surface area contributed by atoms with Crippen molar-refractivity contribution in [3.63, 3.8) is 0 Å². The second kappa shape index (κ2) is 10.6. The molecule has 4 aromatic rings. The molecule has 1 N–H and O–H groups in total. The van der Waals surface area contributed by atoms with Gasteiger partial charge in [-0.05, 0) is 24.6 Å². The van der Waals surface area contributed by atoms with Crippen LogP contribution in [-0.4, -0.2) is 21.6 Å². The van der Waals surface area contributed by atoms with E-state index in [0.717, 1.165) is 28.5 Å².